The zero-order chi connectivity index (χ0) is 13.8. The standard InChI is InChI=1S/C15H22N2O2/c1-11(13-5-3-4-12(8-13)10-18)16-14-6-7-15(19)17(2)9-14/h3-5,8,11,14,16,18H,6-7,9-10H2,1-2H3. The summed E-state index contributed by atoms with van der Waals surface area (Å²) >= 11 is 0. The van der Waals surface area contributed by atoms with E-state index >= 15 is 0 Å². The van der Waals surface area contributed by atoms with Crippen LogP contribution in [0.2, 0.25) is 0 Å². The van der Waals surface area contributed by atoms with Gasteiger partial charge in [-0.2, -0.15) is 0 Å². The Morgan fingerprint density at radius 2 is 2.32 bits per heavy atom. The first-order valence-corrected chi connectivity index (χ1v) is 6.80. The molecule has 1 fully saturated rings. The van der Waals surface area contributed by atoms with Crippen LogP contribution in [0.5, 0.6) is 0 Å². The maximum Gasteiger partial charge on any atom is 0.222 e. The molecule has 1 aliphatic rings. The van der Waals surface area contributed by atoms with Crippen LogP contribution < -0.4 is 5.32 Å². The predicted molar refractivity (Wildman–Crippen MR) is 74.6 cm³/mol. The number of likely N-dealkylation sites (N-methyl/N-ethyl adjacent to an activating group) is 1. The van der Waals surface area contributed by atoms with E-state index in [1.807, 2.05) is 25.2 Å². The molecule has 1 saturated heterocycles. The summed E-state index contributed by atoms with van der Waals surface area (Å²) in [4.78, 5) is 13.2. The summed E-state index contributed by atoms with van der Waals surface area (Å²) in [7, 11) is 1.85. The van der Waals surface area contributed by atoms with Crippen molar-refractivity contribution in [3.05, 3.63) is 35.4 Å². The van der Waals surface area contributed by atoms with Crippen molar-refractivity contribution < 1.29 is 9.90 Å². The highest BCUT2D eigenvalue weighted by atomic mass is 16.3. The molecule has 0 aliphatic carbocycles. The molecule has 0 saturated carbocycles. The number of hydrogen-bond acceptors (Lipinski definition) is 3. The van der Waals surface area contributed by atoms with Gasteiger partial charge < -0.3 is 15.3 Å². The van der Waals surface area contributed by atoms with Gasteiger partial charge >= 0.3 is 0 Å². The van der Waals surface area contributed by atoms with Gasteiger partial charge in [-0.25, -0.2) is 0 Å². The minimum absolute atomic E-state index is 0.0707. The van der Waals surface area contributed by atoms with E-state index in [0.29, 0.717) is 12.5 Å². The average molecular weight is 262 g/mol. The lowest BCUT2D eigenvalue weighted by Gasteiger charge is -2.32. The number of amides is 1. The van der Waals surface area contributed by atoms with Crippen molar-refractivity contribution in [3.8, 4) is 0 Å². The largest absolute Gasteiger partial charge is 0.392 e. The van der Waals surface area contributed by atoms with E-state index in [-0.39, 0.29) is 18.6 Å². The molecule has 0 aromatic heterocycles. The fourth-order valence-corrected chi connectivity index (χ4v) is 2.56. The lowest BCUT2D eigenvalue weighted by molar-refractivity contribution is -0.132. The average Bonchev–Trinajstić information content (AvgIpc) is 2.43. The van der Waals surface area contributed by atoms with Crippen molar-refractivity contribution >= 4 is 5.91 Å². The van der Waals surface area contributed by atoms with Crippen molar-refractivity contribution in [2.24, 2.45) is 0 Å². The number of rotatable bonds is 4. The number of aliphatic hydroxyl groups is 1. The van der Waals surface area contributed by atoms with E-state index in [2.05, 4.69) is 18.3 Å². The molecule has 2 unspecified atom stereocenters. The summed E-state index contributed by atoms with van der Waals surface area (Å²) in [6.45, 7) is 2.96. The van der Waals surface area contributed by atoms with Gasteiger partial charge in [0.25, 0.3) is 0 Å². The van der Waals surface area contributed by atoms with Crippen LogP contribution in [-0.2, 0) is 11.4 Å². The van der Waals surface area contributed by atoms with Crippen LogP contribution >= 0.6 is 0 Å². The molecule has 1 aliphatic heterocycles. The third kappa shape index (κ3) is 3.55. The molecule has 1 aromatic carbocycles. The Morgan fingerprint density at radius 1 is 1.53 bits per heavy atom. The van der Waals surface area contributed by atoms with Crippen LogP contribution in [0.4, 0.5) is 0 Å². The Kier molecular flexibility index (Phi) is 4.56. The van der Waals surface area contributed by atoms with Crippen LogP contribution in [0, 0.1) is 0 Å². The summed E-state index contributed by atoms with van der Waals surface area (Å²) < 4.78 is 0. The highest BCUT2D eigenvalue weighted by Crippen LogP contribution is 2.18. The third-order valence-electron chi connectivity index (χ3n) is 3.75. The SMILES string of the molecule is CC(NC1CCC(=O)N(C)C1)c1cccc(CO)c1. The van der Waals surface area contributed by atoms with Crippen LogP contribution in [0.3, 0.4) is 0 Å². The third-order valence-corrected chi connectivity index (χ3v) is 3.75. The zero-order valence-corrected chi connectivity index (χ0v) is 11.6. The molecular weight excluding hydrogens is 240 g/mol. The van der Waals surface area contributed by atoms with Crippen LogP contribution in [0.1, 0.15) is 36.9 Å². The lowest BCUT2D eigenvalue weighted by atomic mass is 10.0. The Bertz CT molecular complexity index is 448. The van der Waals surface area contributed by atoms with E-state index in [1.54, 1.807) is 4.90 Å². The molecule has 1 amide bonds. The first kappa shape index (κ1) is 14.0. The molecule has 0 radical (unpaired) electrons. The van der Waals surface area contributed by atoms with Gasteiger partial charge in [-0.1, -0.05) is 24.3 Å². The normalized spacial score (nSPS) is 21.5. The second-order valence-corrected chi connectivity index (χ2v) is 5.30. The number of hydrogen-bond donors (Lipinski definition) is 2. The summed E-state index contributed by atoms with van der Waals surface area (Å²) in [5.74, 6) is 0.230. The van der Waals surface area contributed by atoms with Crippen molar-refractivity contribution in [1.82, 2.24) is 10.2 Å². The fourth-order valence-electron chi connectivity index (χ4n) is 2.56. The quantitative estimate of drug-likeness (QED) is 0.863. The number of carbonyl (C=O) groups is 1. The molecule has 0 bridgehead atoms. The maximum atomic E-state index is 11.4. The number of benzene rings is 1. The summed E-state index contributed by atoms with van der Waals surface area (Å²) in [5, 5.41) is 12.7. The number of likely N-dealkylation sites (tertiary alicyclic amines) is 1. The summed E-state index contributed by atoms with van der Waals surface area (Å²) in [6, 6.07) is 8.54. The highest BCUT2D eigenvalue weighted by Gasteiger charge is 2.23. The number of nitrogens with one attached hydrogen (secondary N) is 1. The zero-order valence-electron chi connectivity index (χ0n) is 11.6. The van der Waals surface area contributed by atoms with Crippen molar-refractivity contribution in [1.29, 1.82) is 0 Å². The van der Waals surface area contributed by atoms with Crippen molar-refractivity contribution in [2.75, 3.05) is 13.6 Å². The van der Waals surface area contributed by atoms with Gasteiger partial charge in [-0.05, 0) is 24.5 Å². The predicted octanol–water partition coefficient (Wildman–Crippen LogP) is 1.45. The summed E-state index contributed by atoms with van der Waals surface area (Å²) in [6.07, 6.45) is 1.52. The van der Waals surface area contributed by atoms with Crippen molar-refractivity contribution in [2.45, 2.75) is 38.5 Å². The fraction of sp³-hybridized carbons (Fsp3) is 0.533. The Morgan fingerprint density at radius 3 is 3.00 bits per heavy atom. The van der Waals surface area contributed by atoms with Crippen LogP contribution in [0.25, 0.3) is 0 Å². The Hall–Kier alpha value is -1.39. The van der Waals surface area contributed by atoms with Crippen molar-refractivity contribution in [3.63, 3.8) is 0 Å². The number of piperidine rings is 1. The number of aliphatic hydroxyl groups excluding tert-OH is 1. The second kappa shape index (κ2) is 6.17. The maximum absolute atomic E-state index is 11.4. The minimum Gasteiger partial charge on any atom is -0.392 e. The lowest BCUT2D eigenvalue weighted by Crippen LogP contribution is -2.47. The molecule has 1 heterocycles. The Balaban J connectivity index is 1.96. The van der Waals surface area contributed by atoms with Crippen LogP contribution in [0.15, 0.2) is 24.3 Å². The molecule has 2 rings (SSSR count). The van der Waals surface area contributed by atoms with Gasteiger partial charge in [-0.3, -0.25) is 4.79 Å². The van der Waals surface area contributed by atoms with E-state index in [9.17, 15) is 4.79 Å². The summed E-state index contributed by atoms with van der Waals surface area (Å²) in [5.41, 5.74) is 2.10. The molecule has 19 heavy (non-hydrogen) atoms. The minimum atomic E-state index is 0.0707. The smallest absolute Gasteiger partial charge is 0.222 e. The number of nitrogens with zero attached hydrogens (tertiary/aromatic N) is 1. The van der Waals surface area contributed by atoms with Gasteiger partial charge in [0.05, 0.1) is 6.61 Å². The number of carbonyl (C=O) groups excluding carboxylic acids is 1. The van der Waals surface area contributed by atoms with Gasteiger partial charge in [-0.15, -0.1) is 0 Å². The second-order valence-electron chi connectivity index (χ2n) is 5.30. The monoisotopic (exact) mass is 262 g/mol. The van der Waals surface area contributed by atoms with E-state index in [0.717, 1.165) is 18.5 Å². The van der Waals surface area contributed by atoms with E-state index in [4.69, 9.17) is 5.11 Å². The molecule has 0 spiro atoms. The van der Waals surface area contributed by atoms with Crippen LogP contribution in [-0.4, -0.2) is 35.5 Å². The molecule has 4 nitrogen and oxygen atoms in total. The molecule has 4 heteroatoms. The molecule has 1 aromatic rings. The molecule has 2 atom stereocenters. The highest BCUT2D eigenvalue weighted by molar-refractivity contribution is 5.76. The van der Waals surface area contributed by atoms with Gasteiger partial charge in [0.1, 0.15) is 0 Å². The first-order chi connectivity index (χ1) is 9.10. The first-order valence-electron chi connectivity index (χ1n) is 6.80. The topological polar surface area (TPSA) is 52.6 Å². The molecular formula is C15H22N2O2. The van der Waals surface area contributed by atoms with Gasteiger partial charge in [0.2, 0.25) is 5.91 Å². The molecule has 104 valence electrons. The molecule has 2 N–H and O–H groups in total. The van der Waals surface area contributed by atoms with E-state index < -0.39 is 0 Å². The van der Waals surface area contributed by atoms with Gasteiger partial charge in [0, 0.05) is 32.1 Å². The van der Waals surface area contributed by atoms with Gasteiger partial charge in [0.15, 0.2) is 0 Å². The van der Waals surface area contributed by atoms with E-state index in [1.165, 1.54) is 5.56 Å². The Labute approximate surface area is 114 Å².